The highest BCUT2D eigenvalue weighted by atomic mass is 16.5. The van der Waals surface area contributed by atoms with Crippen LogP contribution in [0.15, 0.2) is 29.2 Å². The molecule has 8 nitrogen and oxygen atoms in total. The number of aliphatic hydroxyl groups is 1. The quantitative estimate of drug-likeness (QED) is 0.756. The lowest BCUT2D eigenvalue weighted by atomic mass is 10.0. The zero-order valence-electron chi connectivity index (χ0n) is 14.6. The summed E-state index contributed by atoms with van der Waals surface area (Å²) >= 11 is 0. The van der Waals surface area contributed by atoms with Crippen LogP contribution in [0.3, 0.4) is 0 Å². The molecule has 134 valence electrons. The van der Waals surface area contributed by atoms with Gasteiger partial charge < -0.3 is 14.5 Å². The van der Waals surface area contributed by atoms with Crippen LogP contribution in [0.1, 0.15) is 27.4 Å². The highest BCUT2D eigenvalue weighted by Crippen LogP contribution is 2.27. The molecule has 26 heavy (non-hydrogen) atoms. The van der Waals surface area contributed by atoms with E-state index in [-0.39, 0.29) is 18.4 Å². The number of rotatable bonds is 3. The molecule has 4 rings (SSSR count). The van der Waals surface area contributed by atoms with Gasteiger partial charge in [0.2, 0.25) is 0 Å². The van der Waals surface area contributed by atoms with Gasteiger partial charge in [-0.25, -0.2) is 4.98 Å². The van der Waals surface area contributed by atoms with Crippen molar-refractivity contribution in [1.29, 1.82) is 0 Å². The minimum atomic E-state index is -0.594. The van der Waals surface area contributed by atoms with E-state index in [1.54, 1.807) is 36.5 Å². The van der Waals surface area contributed by atoms with Crippen LogP contribution in [0.25, 0.3) is 11.1 Å². The monoisotopic (exact) mass is 353 g/mol. The second kappa shape index (κ2) is 6.45. The molecule has 2 atom stereocenters. The third-order valence-electron chi connectivity index (χ3n) is 4.76. The van der Waals surface area contributed by atoms with E-state index >= 15 is 0 Å². The van der Waals surface area contributed by atoms with Gasteiger partial charge in [0.05, 0.1) is 28.4 Å². The SMILES string of the molecule is Cc1cc(C(=O)N2C[C@@H](Cc3cnccn3)[C@H](O)C2)c2c(C)noc2n1. The number of aromatic nitrogens is 4. The highest BCUT2D eigenvalue weighted by molar-refractivity contribution is 6.06. The topological polar surface area (TPSA) is 105 Å². The molecule has 0 aromatic carbocycles. The number of hydrogen-bond acceptors (Lipinski definition) is 7. The number of likely N-dealkylation sites (tertiary alicyclic amines) is 1. The zero-order valence-corrected chi connectivity index (χ0v) is 14.6. The van der Waals surface area contributed by atoms with Crippen molar-refractivity contribution in [2.75, 3.05) is 13.1 Å². The van der Waals surface area contributed by atoms with Crippen LogP contribution in [0.5, 0.6) is 0 Å². The van der Waals surface area contributed by atoms with Crippen LogP contribution < -0.4 is 0 Å². The van der Waals surface area contributed by atoms with Crippen LogP contribution in [0.4, 0.5) is 0 Å². The first-order chi connectivity index (χ1) is 12.5. The molecule has 0 radical (unpaired) electrons. The fraction of sp³-hybridized carbons (Fsp3) is 0.389. The number of carbonyl (C=O) groups is 1. The predicted octanol–water partition coefficient (Wildman–Crippen LogP) is 1.31. The molecule has 0 bridgehead atoms. The molecular weight excluding hydrogens is 334 g/mol. The van der Waals surface area contributed by atoms with Crippen molar-refractivity contribution in [1.82, 2.24) is 25.0 Å². The summed E-state index contributed by atoms with van der Waals surface area (Å²) in [6.45, 7) is 4.35. The molecule has 1 aliphatic heterocycles. The summed E-state index contributed by atoms with van der Waals surface area (Å²) in [6, 6.07) is 1.75. The van der Waals surface area contributed by atoms with Gasteiger partial charge in [0.1, 0.15) is 0 Å². The van der Waals surface area contributed by atoms with Gasteiger partial charge in [-0.05, 0) is 26.3 Å². The predicted molar refractivity (Wildman–Crippen MR) is 92.4 cm³/mol. The molecule has 0 unspecified atom stereocenters. The first kappa shape index (κ1) is 16.6. The summed E-state index contributed by atoms with van der Waals surface area (Å²) in [4.78, 5) is 27.4. The van der Waals surface area contributed by atoms with E-state index in [9.17, 15) is 9.90 Å². The molecule has 1 N–H and O–H groups in total. The Labute approximate surface area is 149 Å². The van der Waals surface area contributed by atoms with Gasteiger partial charge in [-0.15, -0.1) is 0 Å². The number of amides is 1. The van der Waals surface area contributed by atoms with Crippen molar-refractivity contribution in [3.05, 3.63) is 47.3 Å². The molecule has 1 amide bonds. The molecule has 8 heteroatoms. The minimum Gasteiger partial charge on any atom is -0.391 e. The number of hydrogen-bond donors (Lipinski definition) is 1. The maximum atomic E-state index is 13.1. The van der Waals surface area contributed by atoms with E-state index in [1.165, 1.54) is 0 Å². The number of carbonyl (C=O) groups excluding carboxylic acids is 1. The third kappa shape index (κ3) is 2.92. The molecule has 1 fully saturated rings. The van der Waals surface area contributed by atoms with Gasteiger partial charge >= 0.3 is 0 Å². The Morgan fingerprint density at radius 2 is 2.19 bits per heavy atom. The van der Waals surface area contributed by atoms with E-state index < -0.39 is 6.10 Å². The van der Waals surface area contributed by atoms with Gasteiger partial charge in [-0.1, -0.05) is 5.16 Å². The van der Waals surface area contributed by atoms with Crippen molar-refractivity contribution in [2.24, 2.45) is 5.92 Å². The number of pyridine rings is 1. The molecule has 0 saturated carbocycles. The Balaban J connectivity index is 1.59. The lowest BCUT2D eigenvalue weighted by Crippen LogP contribution is -2.30. The lowest BCUT2D eigenvalue weighted by molar-refractivity contribution is 0.0766. The van der Waals surface area contributed by atoms with Gasteiger partial charge in [-0.2, -0.15) is 0 Å². The van der Waals surface area contributed by atoms with Crippen LogP contribution in [0.2, 0.25) is 0 Å². The summed E-state index contributed by atoms with van der Waals surface area (Å²) in [7, 11) is 0. The second-order valence-corrected chi connectivity index (χ2v) is 6.70. The Kier molecular flexibility index (Phi) is 4.12. The van der Waals surface area contributed by atoms with E-state index in [1.807, 2.05) is 6.92 Å². The normalized spacial score (nSPS) is 20.0. The Hall–Kier alpha value is -2.87. The smallest absolute Gasteiger partial charge is 0.258 e. The van der Waals surface area contributed by atoms with Gasteiger partial charge in [0, 0.05) is 43.3 Å². The average Bonchev–Trinajstić information content (AvgIpc) is 3.18. The molecule has 1 aliphatic rings. The Bertz CT molecular complexity index is 956. The standard InChI is InChI=1S/C18H19N5O3/c1-10-5-14(16-11(2)22-26-17(16)21-10)18(25)23-8-12(15(24)9-23)6-13-7-19-3-4-20-13/h3-5,7,12,15,24H,6,8-9H2,1-2H3/t12-,15-/m1/s1. The minimum absolute atomic E-state index is 0.0716. The van der Waals surface area contributed by atoms with E-state index in [0.29, 0.717) is 41.0 Å². The van der Waals surface area contributed by atoms with Gasteiger partial charge in [-0.3, -0.25) is 14.8 Å². The average molecular weight is 353 g/mol. The number of aliphatic hydroxyl groups excluding tert-OH is 1. The largest absolute Gasteiger partial charge is 0.391 e. The molecule has 3 aromatic rings. The van der Waals surface area contributed by atoms with Crippen LogP contribution in [-0.4, -0.2) is 55.2 Å². The number of β-amino-alcohol motifs (C(OH)–C–C–N with tert-alkyl or cyclic N) is 1. The fourth-order valence-electron chi connectivity index (χ4n) is 3.48. The van der Waals surface area contributed by atoms with Crippen LogP contribution in [-0.2, 0) is 6.42 Å². The first-order valence-electron chi connectivity index (χ1n) is 8.49. The summed E-state index contributed by atoms with van der Waals surface area (Å²) in [5, 5.41) is 15.0. The molecule has 4 heterocycles. The van der Waals surface area contributed by atoms with Crippen molar-refractivity contribution >= 4 is 17.0 Å². The lowest BCUT2D eigenvalue weighted by Gasteiger charge is -2.17. The van der Waals surface area contributed by atoms with Crippen LogP contribution >= 0.6 is 0 Å². The van der Waals surface area contributed by atoms with Gasteiger partial charge in [0.25, 0.3) is 11.6 Å². The summed E-state index contributed by atoms with van der Waals surface area (Å²) in [5.74, 6) is -0.217. The van der Waals surface area contributed by atoms with E-state index in [2.05, 4.69) is 20.1 Å². The summed E-state index contributed by atoms with van der Waals surface area (Å²) in [6.07, 6.45) is 4.92. The van der Waals surface area contributed by atoms with E-state index in [0.717, 1.165) is 5.69 Å². The van der Waals surface area contributed by atoms with Gasteiger partial charge in [0.15, 0.2) is 0 Å². The first-order valence-corrected chi connectivity index (χ1v) is 8.49. The van der Waals surface area contributed by atoms with Crippen molar-refractivity contribution < 1.29 is 14.4 Å². The summed E-state index contributed by atoms with van der Waals surface area (Å²) in [5.41, 5.74) is 3.00. The fourth-order valence-corrected chi connectivity index (χ4v) is 3.48. The van der Waals surface area contributed by atoms with Crippen LogP contribution in [0, 0.1) is 19.8 Å². The van der Waals surface area contributed by atoms with Crippen molar-refractivity contribution in [3.8, 4) is 0 Å². The third-order valence-corrected chi connectivity index (χ3v) is 4.76. The second-order valence-electron chi connectivity index (χ2n) is 6.70. The summed E-state index contributed by atoms with van der Waals surface area (Å²) < 4.78 is 5.21. The Morgan fingerprint density at radius 3 is 2.96 bits per heavy atom. The van der Waals surface area contributed by atoms with E-state index in [4.69, 9.17) is 4.52 Å². The van der Waals surface area contributed by atoms with Crippen molar-refractivity contribution in [2.45, 2.75) is 26.4 Å². The molecular formula is C18H19N5O3. The maximum absolute atomic E-state index is 13.1. The molecule has 3 aromatic heterocycles. The number of aryl methyl sites for hydroxylation is 2. The molecule has 1 saturated heterocycles. The van der Waals surface area contributed by atoms with Crippen molar-refractivity contribution in [3.63, 3.8) is 0 Å². The highest BCUT2D eigenvalue weighted by Gasteiger charge is 2.35. The number of fused-ring (bicyclic) bond motifs is 1. The number of nitrogens with zero attached hydrogens (tertiary/aromatic N) is 5. The zero-order chi connectivity index (χ0) is 18.3. The molecule has 0 spiro atoms. The molecule has 0 aliphatic carbocycles. The maximum Gasteiger partial charge on any atom is 0.258 e. The Morgan fingerprint density at radius 1 is 1.35 bits per heavy atom.